The van der Waals surface area contributed by atoms with Gasteiger partial charge in [0.15, 0.2) is 5.78 Å². The maximum absolute atomic E-state index is 12.9. The van der Waals surface area contributed by atoms with Crippen LogP contribution in [-0.2, 0) is 16.6 Å². The maximum Gasteiger partial charge on any atom is 0.228 e. The van der Waals surface area contributed by atoms with Crippen molar-refractivity contribution >= 4 is 17.4 Å². The first-order valence-corrected chi connectivity index (χ1v) is 9.94. The summed E-state index contributed by atoms with van der Waals surface area (Å²) in [5.41, 5.74) is 3.88. The molecule has 30 heavy (non-hydrogen) atoms. The van der Waals surface area contributed by atoms with Crippen LogP contribution in [0.3, 0.4) is 0 Å². The summed E-state index contributed by atoms with van der Waals surface area (Å²) in [6, 6.07) is 22.1. The number of carbonyl (C=O) groups excluding carboxylic acids is 2. The molecule has 0 heterocycles. The Balaban J connectivity index is 1.69. The summed E-state index contributed by atoms with van der Waals surface area (Å²) in [4.78, 5) is 25.3. The molecule has 3 aromatic rings. The molecule has 0 bridgehead atoms. The van der Waals surface area contributed by atoms with Gasteiger partial charge < -0.3 is 10.1 Å². The molecule has 1 N–H and O–H groups in total. The van der Waals surface area contributed by atoms with E-state index in [2.05, 4.69) is 26.1 Å². The zero-order valence-electron chi connectivity index (χ0n) is 17.9. The number of anilines is 1. The van der Waals surface area contributed by atoms with Gasteiger partial charge in [0.1, 0.15) is 5.75 Å². The molecule has 4 heteroatoms. The lowest BCUT2D eigenvalue weighted by Crippen LogP contribution is -2.15. The normalized spacial score (nSPS) is 11.1. The van der Waals surface area contributed by atoms with E-state index in [1.54, 1.807) is 31.4 Å². The molecule has 0 spiro atoms. The lowest BCUT2D eigenvalue weighted by molar-refractivity contribution is -0.115. The second-order valence-corrected chi connectivity index (χ2v) is 8.31. The molecule has 0 saturated heterocycles. The fourth-order valence-electron chi connectivity index (χ4n) is 3.16. The molecule has 0 aliphatic heterocycles. The van der Waals surface area contributed by atoms with Crippen LogP contribution in [0, 0.1) is 0 Å². The molecule has 0 radical (unpaired) electrons. The first-order valence-electron chi connectivity index (χ1n) is 9.94. The second kappa shape index (κ2) is 8.95. The zero-order valence-corrected chi connectivity index (χ0v) is 17.9. The van der Waals surface area contributed by atoms with Crippen molar-refractivity contribution in [3.05, 3.63) is 95.1 Å². The van der Waals surface area contributed by atoms with E-state index >= 15 is 0 Å². The van der Waals surface area contributed by atoms with E-state index in [-0.39, 0.29) is 23.5 Å². The number of rotatable bonds is 6. The highest BCUT2D eigenvalue weighted by atomic mass is 16.5. The Labute approximate surface area is 177 Å². The van der Waals surface area contributed by atoms with E-state index in [0.29, 0.717) is 16.8 Å². The number of nitrogens with one attached hydrogen (secondary N) is 1. The van der Waals surface area contributed by atoms with Gasteiger partial charge >= 0.3 is 0 Å². The van der Waals surface area contributed by atoms with Gasteiger partial charge in [-0.3, -0.25) is 9.59 Å². The molecule has 0 aliphatic carbocycles. The average Bonchev–Trinajstić information content (AvgIpc) is 2.73. The topological polar surface area (TPSA) is 55.4 Å². The minimum Gasteiger partial charge on any atom is -0.497 e. The van der Waals surface area contributed by atoms with Crippen molar-refractivity contribution < 1.29 is 14.3 Å². The van der Waals surface area contributed by atoms with Gasteiger partial charge in [-0.05, 0) is 40.8 Å². The molecule has 154 valence electrons. The van der Waals surface area contributed by atoms with Crippen molar-refractivity contribution in [2.24, 2.45) is 0 Å². The maximum atomic E-state index is 12.9. The van der Waals surface area contributed by atoms with Gasteiger partial charge in [-0.1, -0.05) is 69.3 Å². The van der Waals surface area contributed by atoms with E-state index in [9.17, 15) is 9.59 Å². The number of hydrogen-bond acceptors (Lipinski definition) is 3. The molecule has 3 rings (SSSR count). The summed E-state index contributed by atoms with van der Waals surface area (Å²) in [7, 11) is 1.61. The van der Waals surface area contributed by atoms with Crippen molar-refractivity contribution in [1.29, 1.82) is 0 Å². The van der Waals surface area contributed by atoms with Crippen LogP contribution < -0.4 is 10.1 Å². The van der Waals surface area contributed by atoms with Gasteiger partial charge in [-0.25, -0.2) is 0 Å². The van der Waals surface area contributed by atoms with Gasteiger partial charge in [0.25, 0.3) is 0 Å². The second-order valence-electron chi connectivity index (χ2n) is 8.31. The molecule has 0 saturated carbocycles. The predicted molar refractivity (Wildman–Crippen MR) is 120 cm³/mol. The number of benzene rings is 3. The van der Waals surface area contributed by atoms with E-state index < -0.39 is 0 Å². The number of ether oxygens (including phenoxy) is 1. The number of ketones is 1. The Kier molecular flexibility index (Phi) is 6.36. The third kappa shape index (κ3) is 5.35. The van der Waals surface area contributed by atoms with Crippen LogP contribution in [0.4, 0.5) is 5.69 Å². The van der Waals surface area contributed by atoms with Gasteiger partial charge in [0.2, 0.25) is 5.91 Å². The van der Waals surface area contributed by atoms with E-state index in [4.69, 9.17) is 4.74 Å². The molecule has 0 aromatic heterocycles. The number of carbonyl (C=O) groups is 2. The first-order chi connectivity index (χ1) is 14.3. The third-order valence-corrected chi connectivity index (χ3v) is 4.95. The Bertz CT molecular complexity index is 1030. The summed E-state index contributed by atoms with van der Waals surface area (Å²) < 4.78 is 5.13. The lowest BCUT2D eigenvalue weighted by Gasteiger charge is -2.19. The predicted octanol–water partition coefficient (Wildman–Crippen LogP) is 5.40. The Morgan fingerprint density at radius 3 is 2.13 bits per heavy atom. The third-order valence-electron chi connectivity index (χ3n) is 4.95. The van der Waals surface area contributed by atoms with Gasteiger partial charge in [0, 0.05) is 16.8 Å². The van der Waals surface area contributed by atoms with Crippen molar-refractivity contribution in [2.45, 2.75) is 32.6 Å². The van der Waals surface area contributed by atoms with E-state index in [0.717, 1.165) is 11.3 Å². The largest absolute Gasteiger partial charge is 0.497 e. The van der Waals surface area contributed by atoms with Crippen molar-refractivity contribution in [1.82, 2.24) is 0 Å². The van der Waals surface area contributed by atoms with Crippen molar-refractivity contribution in [3.8, 4) is 5.75 Å². The Morgan fingerprint density at radius 1 is 0.867 bits per heavy atom. The quantitative estimate of drug-likeness (QED) is 0.562. The van der Waals surface area contributed by atoms with Gasteiger partial charge in [-0.15, -0.1) is 0 Å². The van der Waals surface area contributed by atoms with Crippen molar-refractivity contribution in [2.75, 3.05) is 12.4 Å². The van der Waals surface area contributed by atoms with E-state index in [1.807, 2.05) is 48.5 Å². The van der Waals surface area contributed by atoms with Gasteiger partial charge in [0.05, 0.1) is 13.5 Å². The minimum atomic E-state index is -0.140. The van der Waals surface area contributed by atoms with Crippen LogP contribution in [0.15, 0.2) is 72.8 Å². The fraction of sp³-hybridized carbons (Fsp3) is 0.231. The highest BCUT2D eigenvalue weighted by Gasteiger charge is 2.15. The van der Waals surface area contributed by atoms with Crippen molar-refractivity contribution in [3.63, 3.8) is 0 Å². The number of methoxy groups -OCH3 is 1. The molecule has 1 amide bonds. The Morgan fingerprint density at radius 2 is 1.53 bits per heavy atom. The summed E-state index contributed by atoms with van der Waals surface area (Å²) in [6.45, 7) is 6.42. The van der Waals surface area contributed by atoms with Gasteiger partial charge in [-0.2, -0.15) is 0 Å². The molecule has 3 aromatic carbocycles. The zero-order chi connectivity index (χ0) is 21.7. The molecule has 4 nitrogen and oxygen atoms in total. The standard InChI is InChI=1S/C26H27NO3/c1-26(2,3)21-12-10-19(11-13-21)25(29)20-6-5-7-22(17-20)27-24(28)16-18-8-14-23(30-4)15-9-18/h5-15,17H,16H2,1-4H3,(H,27,28). The molecule has 0 fully saturated rings. The highest BCUT2D eigenvalue weighted by Crippen LogP contribution is 2.23. The van der Waals surface area contributed by atoms with Crippen LogP contribution >= 0.6 is 0 Å². The van der Waals surface area contributed by atoms with Crippen LogP contribution in [0.5, 0.6) is 5.75 Å². The summed E-state index contributed by atoms with van der Waals surface area (Å²) in [6.07, 6.45) is 0.246. The summed E-state index contributed by atoms with van der Waals surface area (Å²) in [5, 5.41) is 2.87. The fourth-order valence-corrected chi connectivity index (χ4v) is 3.16. The summed E-state index contributed by atoms with van der Waals surface area (Å²) in [5.74, 6) is 0.543. The average molecular weight is 402 g/mol. The molecular formula is C26H27NO3. The highest BCUT2D eigenvalue weighted by molar-refractivity contribution is 6.09. The Hall–Kier alpha value is -3.40. The van der Waals surface area contributed by atoms with Crippen LogP contribution in [0.2, 0.25) is 0 Å². The molecule has 0 aliphatic rings. The van der Waals surface area contributed by atoms with E-state index in [1.165, 1.54) is 5.56 Å². The first kappa shape index (κ1) is 21.3. The minimum absolute atomic E-state index is 0.0374. The lowest BCUT2D eigenvalue weighted by atomic mass is 9.86. The number of hydrogen-bond donors (Lipinski definition) is 1. The van der Waals surface area contributed by atoms with Crippen LogP contribution in [0.1, 0.15) is 47.8 Å². The molecule has 0 atom stereocenters. The SMILES string of the molecule is COc1ccc(CC(=O)Nc2cccc(C(=O)c3ccc(C(C)(C)C)cc3)c2)cc1. The monoisotopic (exact) mass is 401 g/mol. The molecule has 0 unspecified atom stereocenters. The van der Waals surface area contributed by atoms with Crippen LogP contribution in [0.25, 0.3) is 0 Å². The smallest absolute Gasteiger partial charge is 0.228 e. The summed E-state index contributed by atoms with van der Waals surface area (Å²) >= 11 is 0. The number of amides is 1. The molecular weight excluding hydrogens is 374 g/mol. The van der Waals surface area contributed by atoms with Crippen LogP contribution in [-0.4, -0.2) is 18.8 Å².